The van der Waals surface area contributed by atoms with E-state index in [9.17, 15) is 0 Å². The van der Waals surface area contributed by atoms with Crippen molar-refractivity contribution in [3.8, 4) is 11.4 Å². The predicted octanol–water partition coefficient (Wildman–Crippen LogP) is 5.16. The maximum Gasteiger partial charge on any atom is 0.174 e. The van der Waals surface area contributed by atoms with Gasteiger partial charge in [0.2, 0.25) is 0 Å². The summed E-state index contributed by atoms with van der Waals surface area (Å²) in [6.07, 6.45) is 7.61. The molecule has 0 aliphatic carbocycles. The van der Waals surface area contributed by atoms with E-state index in [0.29, 0.717) is 5.92 Å². The molecule has 0 amide bonds. The molecule has 29 heavy (non-hydrogen) atoms. The molecule has 0 atom stereocenters. The number of nitrogens with zero attached hydrogens (tertiary/aromatic N) is 5. The number of aryl methyl sites for hydroxylation is 3. The molecular formula is C22H31N5OS. The van der Waals surface area contributed by atoms with Crippen LogP contribution in [0.1, 0.15) is 74.5 Å². The number of tetrazole rings is 1. The number of benzene rings is 1. The zero-order chi connectivity index (χ0) is 20.6. The van der Waals surface area contributed by atoms with Crippen molar-refractivity contribution in [3.63, 3.8) is 0 Å². The van der Waals surface area contributed by atoms with E-state index in [1.807, 2.05) is 19.1 Å². The van der Waals surface area contributed by atoms with Crippen molar-refractivity contribution in [3.05, 3.63) is 45.7 Å². The molecule has 0 aliphatic heterocycles. The molecule has 0 saturated carbocycles. The lowest BCUT2D eigenvalue weighted by Gasteiger charge is -2.10. The Morgan fingerprint density at radius 1 is 1.10 bits per heavy atom. The molecule has 0 N–H and O–H groups in total. The van der Waals surface area contributed by atoms with Crippen LogP contribution in [0.15, 0.2) is 23.6 Å². The number of rotatable bonds is 11. The number of methoxy groups -OCH3 is 1. The number of ether oxygens (including phenoxy) is 1. The van der Waals surface area contributed by atoms with E-state index in [1.54, 1.807) is 23.2 Å². The van der Waals surface area contributed by atoms with Crippen LogP contribution in [0.5, 0.6) is 5.75 Å². The first kappa shape index (κ1) is 21.4. The first-order valence-corrected chi connectivity index (χ1v) is 11.4. The maximum absolute atomic E-state index is 5.55. The summed E-state index contributed by atoms with van der Waals surface area (Å²) in [5.41, 5.74) is 3.37. The Morgan fingerprint density at radius 2 is 1.90 bits per heavy atom. The Bertz CT molecular complexity index is 902. The summed E-state index contributed by atoms with van der Waals surface area (Å²) < 4.78 is 5.55. The van der Waals surface area contributed by atoms with E-state index in [2.05, 4.69) is 40.7 Å². The number of thiazole rings is 1. The summed E-state index contributed by atoms with van der Waals surface area (Å²) in [4.78, 5) is 6.33. The predicted molar refractivity (Wildman–Crippen MR) is 117 cm³/mol. The van der Waals surface area contributed by atoms with E-state index in [4.69, 9.17) is 9.72 Å². The molecule has 0 fully saturated rings. The van der Waals surface area contributed by atoms with Gasteiger partial charge in [-0.25, -0.2) is 4.98 Å². The second-order valence-electron chi connectivity index (χ2n) is 7.59. The third kappa shape index (κ3) is 5.85. The van der Waals surface area contributed by atoms with Gasteiger partial charge in [-0.05, 0) is 54.7 Å². The second-order valence-corrected chi connectivity index (χ2v) is 8.48. The number of unbranched alkanes of at least 4 members (excludes halogenated alkanes) is 3. The van der Waals surface area contributed by atoms with E-state index < -0.39 is 0 Å². The first-order valence-electron chi connectivity index (χ1n) is 10.5. The van der Waals surface area contributed by atoms with Crippen LogP contribution in [0.4, 0.5) is 0 Å². The summed E-state index contributed by atoms with van der Waals surface area (Å²) in [6.45, 7) is 6.43. The summed E-state index contributed by atoms with van der Waals surface area (Å²) in [6, 6.07) is 6.08. The van der Waals surface area contributed by atoms with Crippen LogP contribution in [0, 0.1) is 0 Å². The van der Waals surface area contributed by atoms with Gasteiger partial charge >= 0.3 is 0 Å². The molecule has 0 unspecified atom stereocenters. The molecule has 0 saturated heterocycles. The maximum atomic E-state index is 5.55. The van der Waals surface area contributed by atoms with Crippen molar-refractivity contribution in [2.24, 2.45) is 0 Å². The zero-order valence-electron chi connectivity index (χ0n) is 17.9. The highest BCUT2D eigenvalue weighted by atomic mass is 32.1. The van der Waals surface area contributed by atoms with E-state index in [0.717, 1.165) is 42.9 Å². The van der Waals surface area contributed by atoms with Gasteiger partial charge in [-0.1, -0.05) is 33.6 Å². The molecule has 0 radical (unpaired) electrons. The van der Waals surface area contributed by atoms with Crippen LogP contribution in [0.3, 0.4) is 0 Å². The highest BCUT2D eigenvalue weighted by molar-refractivity contribution is 7.09. The molecule has 1 aromatic carbocycles. The van der Waals surface area contributed by atoms with Crippen molar-refractivity contribution < 1.29 is 4.74 Å². The number of hydrogen-bond acceptors (Lipinski definition) is 6. The minimum Gasteiger partial charge on any atom is -0.496 e. The summed E-state index contributed by atoms with van der Waals surface area (Å²) in [5, 5.41) is 16.1. The van der Waals surface area contributed by atoms with Crippen molar-refractivity contribution in [2.75, 3.05) is 7.11 Å². The Kier molecular flexibility index (Phi) is 7.75. The van der Waals surface area contributed by atoms with E-state index >= 15 is 0 Å². The average Bonchev–Trinajstić information content (AvgIpc) is 3.40. The molecule has 7 heteroatoms. The van der Waals surface area contributed by atoms with Crippen LogP contribution in [-0.4, -0.2) is 32.3 Å². The van der Waals surface area contributed by atoms with Crippen molar-refractivity contribution >= 4 is 11.3 Å². The standard InChI is InChI=1S/C22H31N5OS/c1-5-21-24-26-27(25-21)19-12-13-20(28-4)17(14-19)10-8-6-7-9-11-18-15-29-22(23-18)16(2)3/h12-16H,5-11H2,1-4H3. The quantitative estimate of drug-likeness (QED) is 0.406. The minimum absolute atomic E-state index is 0.528. The van der Waals surface area contributed by atoms with E-state index in [-0.39, 0.29) is 0 Å². The van der Waals surface area contributed by atoms with Gasteiger partial charge in [0.25, 0.3) is 0 Å². The Morgan fingerprint density at radius 3 is 2.55 bits per heavy atom. The molecule has 0 spiro atoms. The van der Waals surface area contributed by atoms with Crippen molar-refractivity contribution in [1.29, 1.82) is 0 Å². The molecule has 0 aliphatic rings. The topological polar surface area (TPSA) is 65.7 Å². The Labute approximate surface area is 177 Å². The van der Waals surface area contributed by atoms with Crippen LogP contribution in [-0.2, 0) is 19.3 Å². The molecule has 3 aromatic rings. The molecule has 3 rings (SSSR count). The van der Waals surface area contributed by atoms with Crippen molar-refractivity contribution in [1.82, 2.24) is 25.2 Å². The third-order valence-corrected chi connectivity index (χ3v) is 6.15. The summed E-state index contributed by atoms with van der Waals surface area (Å²) >= 11 is 1.79. The average molecular weight is 414 g/mol. The normalized spacial score (nSPS) is 11.3. The van der Waals surface area contributed by atoms with Crippen LogP contribution < -0.4 is 4.74 Å². The fourth-order valence-electron chi connectivity index (χ4n) is 3.26. The number of aromatic nitrogens is 5. The van der Waals surface area contributed by atoms with Gasteiger partial charge in [-0.2, -0.15) is 0 Å². The fraction of sp³-hybridized carbons (Fsp3) is 0.545. The van der Waals surface area contributed by atoms with Crippen LogP contribution in [0.2, 0.25) is 0 Å². The zero-order valence-corrected chi connectivity index (χ0v) is 18.7. The molecule has 0 bridgehead atoms. The Hall–Kier alpha value is -2.28. The molecule has 2 aromatic heterocycles. The summed E-state index contributed by atoms with van der Waals surface area (Å²) in [5.74, 6) is 2.21. The van der Waals surface area contributed by atoms with Gasteiger partial charge in [0, 0.05) is 17.7 Å². The van der Waals surface area contributed by atoms with E-state index in [1.165, 1.54) is 35.5 Å². The second kappa shape index (κ2) is 10.5. The van der Waals surface area contributed by atoms with Crippen molar-refractivity contribution in [2.45, 2.75) is 71.6 Å². The van der Waals surface area contributed by atoms with Gasteiger partial charge in [0.05, 0.1) is 23.5 Å². The van der Waals surface area contributed by atoms with Gasteiger partial charge in [-0.3, -0.25) is 0 Å². The molecule has 2 heterocycles. The Balaban J connectivity index is 1.48. The lowest BCUT2D eigenvalue weighted by atomic mass is 10.0. The number of hydrogen-bond donors (Lipinski definition) is 0. The van der Waals surface area contributed by atoms with Gasteiger partial charge in [-0.15, -0.1) is 26.3 Å². The SMILES string of the molecule is CCc1nnn(-c2ccc(OC)c(CCCCCCc3csc(C(C)C)n3)c2)n1. The largest absolute Gasteiger partial charge is 0.496 e. The third-order valence-electron chi connectivity index (χ3n) is 4.96. The van der Waals surface area contributed by atoms with Gasteiger partial charge < -0.3 is 4.74 Å². The first-order chi connectivity index (χ1) is 14.1. The van der Waals surface area contributed by atoms with Gasteiger partial charge in [0.15, 0.2) is 5.82 Å². The highest BCUT2D eigenvalue weighted by Crippen LogP contribution is 2.24. The smallest absolute Gasteiger partial charge is 0.174 e. The minimum atomic E-state index is 0.528. The monoisotopic (exact) mass is 413 g/mol. The summed E-state index contributed by atoms with van der Waals surface area (Å²) in [7, 11) is 1.72. The van der Waals surface area contributed by atoms with Crippen LogP contribution in [0.25, 0.3) is 5.69 Å². The lowest BCUT2D eigenvalue weighted by molar-refractivity contribution is 0.408. The fourth-order valence-corrected chi connectivity index (χ4v) is 4.13. The molecule has 156 valence electrons. The lowest BCUT2D eigenvalue weighted by Crippen LogP contribution is -2.02. The molecular weight excluding hydrogens is 382 g/mol. The van der Waals surface area contributed by atoms with Crippen LogP contribution >= 0.6 is 11.3 Å². The highest BCUT2D eigenvalue weighted by Gasteiger charge is 2.09. The van der Waals surface area contributed by atoms with Gasteiger partial charge in [0.1, 0.15) is 5.75 Å². The molecule has 6 nitrogen and oxygen atoms in total.